The van der Waals surface area contributed by atoms with Crippen molar-refractivity contribution in [2.45, 2.75) is 19.8 Å². The maximum absolute atomic E-state index is 12.0. The van der Waals surface area contributed by atoms with E-state index in [4.69, 9.17) is 18.9 Å². The molecular formula is C23H31NO5. The maximum Gasteiger partial charge on any atom is 0.338 e. The van der Waals surface area contributed by atoms with E-state index in [1.54, 1.807) is 12.1 Å². The van der Waals surface area contributed by atoms with Crippen LogP contribution in [0.5, 0.6) is 5.75 Å². The van der Waals surface area contributed by atoms with Crippen molar-refractivity contribution in [1.82, 2.24) is 0 Å². The van der Waals surface area contributed by atoms with E-state index in [-0.39, 0.29) is 12.6 Å². The number of benzene rings is 2. The molecule has 0 atom stereocenters. The van der Waals surface area contributed by atoms with E-state index in [0.29, 0.717) is 38.6 Å². The Hall–Kier alpha value is -2.57. The smallest absolute Gasteiger partial charge is 0.338 e. The molecule has 0 aliphatic carbocycles. The Bertz CT molecular complexity index is 675. The number of carbonyl (C=O) groups is 1. The minimum absolute atomic E-state index is 0.215. The molecule has 0 aliphatic rings. The predicted molar refractivity (Wildman–Crippen MR) is 114 cm³/mol. The molecule has 6 nitrogen and oxygen atoms in total. The molecule has 0 saturated carbocycles. The van der Waals surface area contributed by atoms with Gasteiger partial charge in [0.2, 0.25) is 0 Å². The van der Waals surface area contributed by atoms with Crippen LogP contribution in [0.2, 0.25) is 0 Å². The van der Waals surface area contributed by atoms with Crippen molar-refractivity contribution in [3.8, 4) is 5.75 Å². The molecule has 1 N–H and O–H groups in total. The summed E-state index contributed by atoms with van der Waals surface area (Å²) in [5, 5.41) is 3.31. The van der Waals surface area contributed by atoms with Crippen LogP contribution in [-0.4, -0.2) is 52.2 Å². The van der Waals surface area contributed by atoms with Crippen LogP contribution in [0.3, 0.4) is 0 Å². The lowest BCUT2D eigenvalue weighted by Crippen LogP contribution is -2.14. The molecule has 0 aliphatic heterocycles. The number of anilines is 1. The topological polar surface area (TPSA) is 66.0 Å². The SMILES string of the molecule is CCCCNc1ccc(C(=O)OCCOCCOCCOc2ccccc2)cc1. The van der Waals surface area contributed by atoms with Crippen molar-refractivity contribution in [2.75, 3.05) is 51.5 Å². The monoisotopic (exact) mass is 401 g/mol. The third-order valence-electron chi connectivity index (χ3n) is 4.05. The van der Waals surface area contributed by atoms with E-state index in [9.17, 15) is 4.79 Å². The molecule has 29 heavy (non-hydrogen) atoms. The predicted octanol–water partition coefficient (Wildman–Crippen LogP) is 4.17. The number of ether oxygens (including phenoxy) is 4. The van der Waals surface area contributed by atoms with Crippen molar-refractivity contribution in [3.05, 3.63) is 60.2 Å². The first-order valence-electron chi connectivity index (χ1n) is 10.1. The molecule has 0 aromatic heterocycles. The molecule has 0 radical (unpaired) electrons. The molecule has 2 aromatic carbocycles. The summed E-state index contributed by atoms with van der Waals surface area (Å²) in [6.07, 6.45) is 2.27. The Morgan fingerprint density at radius 2 is 1.48 bits per heavy atom. The standard InChI is InChI=1S/C23H31NO5/c1-2-3-13-24-21-11-9-20(10-12-21)23(25)29-19-17-27-15-14-26-16-18-28-22-7-5-4-6-8-22/h4-12,24H,2-3,13-19H2,1H3. The number of esters is 1. The van der Waals surface area contributed by atoms with Gasteiger partial charge in [0.1, 0.15) is 19.0 Å². The quantitative estimate of drug-likeness (QED) is 0.357. The molecule has 0 unspecified atom stereocenters. The van der Waals surface area contributed by atoms with Crippen LogP contribution >= 0.6 is 0 Å². The van der Waals surface area contributed by atoms with Crippen molar-refractivity contribution in [2.24, 2.45) is 0 Å². The summed E-state index contributed by atoms with van der Waals surface area (Å²) < 4.78 is 21.6. The van der Waals surface area contributed by atoms with Gasteiger partial charge in [-0.15, -0.1) is 0 Å². The molecule has 0 bridgehead atoms. The van der Waals surface area contributed by atoms with Crippen molar-refractivity contribution >= 4 is 11.7 Å². The van der Waals surface area contributed by atoms with Crippen LogP contribution in [0, 0.1) is 0 Å². The Morgan fingerprint density at radius 1 is 0.828 bits per heavy atom. The third kappa shape index (κ3) is 9.96. The number of carbonyl (C=O) groups excluding carboxylic acids is 1. The first kappa shape index (κ1) is 22.7. The lowest BCUT2D eigenvalue weighted by molar-refractivity contribution is 0.0106. The summed E-state index contributed by atoms with van der Waals surface area (Å²) in [6, 6.07) is 16.9. The van der Waals surface area contributed by atoms with Gasteiger partial charge >= 0.3 is 5.97 Å². The van der Waals surface area contributed by atoms with Gasteiger partial charge < -0.3 is 24.3 Å². The zero-order valence-corrected chi connectivity index (χ0v) is 17.1. The zero-order chi connectivity index (χ0) is 20.6. The fourth-order valence-corrected chi connectivity index (χ4v) is 2.47. The molecule has 0 fully saturated rings. The summed E-state index contributed by atoms with van der Waals surface area (Å²) in [7, 11) is 0. The van der Waals surface area contributed by atoms with Crippen LogP contribution < -0.4 is 10.1 Å². The van der Waals surface area contributed by atoms with Gasteiger partial charge in [-0.25, -0.2) is 4.79 Å². The van der Waals surface area contributed by atoms with Gasteiger partial charge in [0.25, 0.3) is 0 Å². The van der Waals surface area contributed by atoms with Crippen LogP contribution in [0.1, 0.15) is 30.1 Å². The highest BCUT2D eigenvalue weighted by Gasteiger charge is 2.06. The largest absolute Gasteiger partial charge is 0.491 e. The molecule has 0 saturated heterocycles. The minimum atomic E-state index is -0.344. The molecule has 2 aromatic rings. The number of hydrogen-bond donors (Lipinski definition) is 1. The zero-order valence-electron chi connectivity index (χ0n) is 17.1. The molecular weight excluding hydrogens is 370 g/mol. The molecule has 2 rings (SSSR count). The van der Waals surface area contributed by atoms with Crippen molar-refractivity contribution in [3.63, 3.8) is 0 Å². The first-order valence-corrected chi connectivity index (χ1v) is 10.1. The van der Waals surface area contributed by atoms with Crippen LogP contribution in [0.4, 0.5) is 5.69 Å². The average molecular weight is 402 g/mol. The Morgan fingerprint density at radius 3 is 2.17 bits per heavy atom. The van der Waals surface area contributed by atoms with Gasteiger partial charge in [0.15, 0.2) is 0 Å². The molecule has 6 heteroatoms. The van der Waals surface area contributed by atoms with E-state index >= 15 is 0 Å². The highest BCUT2D eigenvalue weighted by molar-refractivity contribution is 5.89. The lowest BCUT2D eigenvalue weighted by Gasteiger charge is -2.09. The molecule has 0 amide bonds. The van der Waals surface area contributed by atoms with Gasteiger partial charge in [-0.1, -0.05) is 31.5 Å². The summed E-state index contributed by atoms with van der Waals surface area (Å²) in [5.74, 6) is 0.486. The fraction of sp³-hybridized carbons (Fsp3) is 0.435. The number of hydrogen-bond acceptors (Lipinski definition) is 6. The number of nitrogens with one attached hydrogen (secondary N) is 1. The van der Waals surface area contributed by atoms with Crippen LogP contribution in [-0.2, 0) is 14.2 Å². The van der Waals surface area contributed by atoms with Gasteiger partial charge in [-0.2, -0.15) is 0 Å². The second kappa shape index (κ2) is 14.4. The van der Waals surface area contributed by atoms with E-state index in [0.717, 1.165) is 30.8 Å². The summed E-state index contributed by atoms with van der Waals surface area (Å²) >= 11 is 0. The second-order valence-electron chi connectivity index (χ2n) is 6.38. The lowest BCUT2D eigenvalue weighted by atomic mass is 10.2. The van der Waals surface area contributed by atoms with Gasteiger partial charge in [-0.3, -0.25) is 0 Å². The van der Waals surface area contributed by atoms with E-state index < -0.39 is 0 Å². The second-order valence-corrected chi connectivity index (χ2v) is 6.38. The van der Waals surface area contributed by atoms with Crippen molar-refractivity contribution in [1.29, 1.82) is 0 Å². The minimum Gasteiger partial charge on any atom is -0.491 e. The van der Waals surface area contributed by atoms with Gasteiger partial charge in [0.05, 0.1) is 32.0 Å². The summed E-state index contributed by atoms with van der Waals surface area (Å²) in [6.45, 7) is 5.55. The number of unbranched alkanes of at least 4 members (excludes halogenated alkanes) is 1. The van der Waals surface area contributed by atoms with Crippen LogP contribution in [0.25, 0.3) is 0 Å². The highest BCUT2D eigenvalue weighted by Crippen LogP contribution is 2.11. The van der Waals surface area contributed by atoms with Crippen LogP contribution in [0.15, 0.2) is 54.6 Å². The molecule has 0 spiro atoms. The fourth-order valence-electron chi connectivity index (χ4n) is 2.47. The van der Waals surface area contributed by atoms with E-state index in [1.165, 1.54) is 0 Å². The normalized spacial score (nSPS) is 10.5. The van der Waals surface area contributed by atoms with Crippen molar-refractivity contribution < 1.29 is 23.7 Å². The summed E-state index contributed by atoms with van der Waals surface area (Å²) in [5.41, 5.74) is 1.54. The van der Waals surface area contributed by atoms with E-state index in [2.05, 4.69) is 12.2 Å². The third-order valence-corrected chi connectivity index (χ3v) is 4.05. The Labute approximate surface area is 173 Å². The van der Waals surface area contributed by atoms with E-state index in [1.807, 2.05) is 42.5 Å². The molecule has 158 valence electrons. The maximum atomic E-state index is 12.0. The summed E-state index contributed by atoms with van der Waals surface area (Å²) in [4.78, 5) is 12.0. The number of para-hydroxylation sites is 1. The average Bonchev–Trinajstić information content (AvgIpc) is 2.76. The highest BCUT2D eigenvalue weighted by atomic mass is 16.6. The van der Waals surface area contributed by atoms with Gasteiger partial charge in [0, 0.05) is 12.2 Å². The Balaban J connectivity index is 1.45. The van der Waals surface area contributed by atoms with Gasteiger partial charge in [-0.05, 0) is 42.8 Å². The number of rotatable bonds is 15. The molecule has 0 heterocycles. The first-order chi connectivity index (χ1) is 14.3. The Kier molecular flexibility index (Phi) is 11.3.